The van der Waals surface area contributed by atoms with Crippen molar-refractivity contribution in [3.63, 3.8) is 0 Å². The molecule has 0 radical (unpaired) electrons. The summed E-state index contributed by atoms with van der Waals surface area (Å²) in [6.45, 7) is 0.111. The summed E-state index contributed by atoms with van der Waals surface area (Å²) in [6.07, 6.45) is 0. The third-order valence-electron chi connectivity index (χ3n) is 8.78. The average molecular weight is 520 g/mol. The molecular weight excluding hydrogens is 495 g/mol. The van der Waals surface area contributed by atoms with Gasteiger partial charge in [0.15, 0.2) is 0 Å². The van der Waals surface area contributed by atoms with Crippen molar-refractivity contribution < 1.29 is 0 Å². The Balaban J connectivity index is 1.50. The SMILES string of the molecule is c1ccc(N2c3ccccc3B3c4ccc5ccccc5c4N(c4ccccc4)c4c3c2cc2ccccc42)cc1. The van der Waals surface area contributed by atoms with E-state index in [-0.39, 0.29) is 6.71 Å². The maximum absolute atomic E-state index is 2.53. The van der Waals surface area contributed by atoms with Crippen LogP contribution in [0.5, 0.6) is 0 Å². The highest BCUT2D eigenvalue weighted by molar-refractivity contribution is 7.00. The fourth-order valence-electron chi connectivity index (χ4n) is 7.14. The highest BCUT2D eigenvalue weighted by Crippen LogP contribution is 2.48. The van der Waals surface area contributed by atoms with Crippen LogP contribution >= 0.6 is 0 Å². The fraction of sp³-hybridized carbons (Fsp3) is 0. The van der Waals surface area contributed by atoms with Crippen LogP contribution < -0.4 is 26.2 Å². The molecule has 0 aliphatic carbocycles. The lowest BCUT2D eigenvalue weighted by Gasteiger charge is -2.45. The number of hydrogen-bond acceptors (Lipinski definition) is 2. The maximum Gasteiger partial charge on any atom is 0.252 e. The predicted molar refractivity (Wildman–Crippen MR) is 175 cm³/mol. The molecule has 2 heterocycles. The Morgan fingerprint density at radius 2 is 0.976 bits per heavy atom. The zero-order valence-corrected chi connectivity index (χ0v) is 22.4. The number of para-hydroxylation sites is 3. The van der Waals surface area contributed by atoms with Gasteiger partial charge in [0.05, 0.1) is 5.69 Å². The van der Waals surface area contributed by atoms with Crippen LogP contribution in [-0.4, -0.2) is 6.71 Å². The lowest BCUT2D eigenvalue weighted by molar-refractivity contribution is 1.27. The largest absolute Gasteiger partial charge is 0.311 e. The summed E-state index contributed by atoms with van der Waals surface area (Å²) >= 11 is 0. The highest BCUT2D eigenvalue weighted by atomic mass is 15.2. The van der Waals surface area contributed by atoms with Gasteiger partial charge in [0, 0.05) is 39.2 Å². The van der Waals surface area contributed by atoms with E-state index in [0.29, 0.717) is 0 Å². The van der Waals surface area contributed by atoms with Crippen LogP contribution in [0.1, 0.15) is 0 Å². The Hall–Kier alpha value is -5.28. The summed E-state index contributed by atoms with van der Waals surface area (Å²) in [5.41, 5.74) is 11.4. The summed E-state index contributed by atoms with van der Waals surface area (Å²) in [7, 11) is 0. The van der Waals surface area contributed by atoms with Gasteiger partial charge in [0.1, 0.15) is 0 Å². The summed E-state index contributed by atoms with van der Waals surface area (Å²) in [5.74, 6) is 0. The molecule has 0 atom stereocenters. The fourth-order valence-corrected chi connectivity index (χ4v) is 7.14. The molecular formula is C38H25BN2. The van der Waals surface area contributed by atoms with E-state index in [1.54, 1.807) is 0 Å². The van der Waals surface area contributed by atoms with Crippen molar-refractivity contribution >= 4 is 78.8 Å². The first-order valence-corrected chi connectivity index (χ1v) is 14.2. The van der Waals surface area contributed by atoms with Gasteiger partial charge < -0.3 is 9.80 Å². The van der Waals surface area contributed by atoms with E-state index in [4.69, 9.17) is 0 Å². The molecule has 0 bridgehead atoms. The molecule has 0 N–H and O–H groups in total. The minimum atomic E-state index is 0.111. The lowest BCUT2D eigenvalue weighted by atomic mass is 9.33. The summed E-state index contributed by atoms with van der Waals surface area (Å²) in [5, 5.41) is 5.04. The summed E-state index contributed by atoms with van der Waals surface area (Å²) < 4.78 is 0. The van der Waals surface area contributed by atoms with Crippen molar-refractivity contribution in [3.05, 3.63) is 152 Å². The molecule has 0 aromatic heterocycles. The monoisotopic (exact) mass is 520 g/mol. The molecule has 0 fully saturated rings. The zero-order chi connectivity index (χ0) is 26.9. The van der Waals surface area contributed by atoms with Crippen LogP contribution in [0.25, 0.3) is 21.5 Å². The van der Waals surface area contributed by atoms with E-state index in [9.17, 15) is 0 Å². The van der Waals surface area contributed by atoms with Gasteiger partial charge in [-0.15, -0.1) is 0 Å². The molecule has 7 aromatic carbocycles. The smallest absolute Gasteiger partial charge is 0.252 e. The van der Waals surface area contributed by atoms with E-state index in [1.165, 1.54) is 72.1 Å². The van der Waals surface area contributed by atoms with E-state index in [2.05, 4.69) is 161 Å². The van der Waals surface area contributed by atoms with E-state index >= 15 is 0 Å². The minimum absolute atomic E-state index is 0.111. The maximum atomic E-state index is 2.53. The Labute approximate surface area is 239 Å². The van der Waals surface area contributed by atoms with Gasteiger partial charge in [-0.3, -0.25) is 0 Å². The number of hydrogen-bond donors (Lipinski definition) is 0. The van der Waals surface area contributed by atoms with Crippen molar-refractivity contribution in [2.75, 3.05) is 9.80 Å². The second-order valence-corrected chi connectivity index (χ2v) is 10.9. The quantitative estimate of drug-likeness (QED) is 0.213. The molecule has 41 heavy (non-hydrogen) atoms. The zero-order valence-electron chi connectivity index (χ0n) is 22.4. The number of anilines is 6. The average Bonchev–Trinajstić information content (AvgIpc) is 3.05. The lowest BCUT2D eigenvalue weighted by Crippen LogP contribution is -2.61. The Bertz CT molecular complexity index is 2120. The Morgan fingerprint density at radius 1 is 0.390 bits per heavy atom. The van der Waals surface area contributed by atoms with Gasteiger partial charge in [-0.25, -0.2) is 0 Å². The normalized spacial score (nSPS) is 13.2. The first kappa shape index (κ1) is 22.5. The molecule has 2 aliphatic heterocycles. The van der Waals surface area contributed by atoms with Gasteiger partial charge in [-0.05, 0) is 63.6 Å². The number of benzene rings is 7. The standard InChI is InChI=1S/C38H25BN2/c1-3-15-28(16-4-1)40-34-22-12-11-21-32(34)39-33-24-23-26-13-7-9-19-30(26)37(33)41(29-17-5-2-6-18-29)38-31-20-10-8-14-27(31)25-35(40)36(38)39/h1-25H. The second kappa shape index (κ2) is 8.61. The van der Waals surface area contributed by atoms with Crippen LogP contribution in [0.2, 0.25) is 0 Å². The third-order valence-corrected chi connectivity index (χ3v) is 8.78. The van der Waals surface area contributed by atoms with Crippen LogP contribution in [0.15, 0.2) is 152 Å². The van der Waals surface area contributed by atoms with Crippen molar-refractivity contribution in [2.45, 2.75) is 0 Å². The number of rotatable bonds is 2. The molecule has 0 amide bonds. The van der Waals surface area contributed by atoms with E-state index in [1.807, 2.05) is 0 Å². The van der Waals surface area contributed by atoms with Crippen molar-refractivity contribution in [2.24, 2.45) is 0 Å². The molecule has 0 saturated heterocycles. The van der Waals surface area contributed by atoms with Crippen molar-refractivity contribution in [1.82, 2.24) is 0 Å². The van der Waals surface area contributed by atoms with Gasteiger partial charge in [-0.1, -0.05) is 115 Å². The van der Waals surface area contributed by atoms with Gasteiger partial charge in [-0.2, -0.15) is 0 Å². The van der Waals surface area contributed by atoms with E-state index < -0.39 is 0 Å². The third kappa shape index (κ3) is 3.15. The van der Waals surface area contributed by atoms with Crippen LogP contribution in [0.4, 0.5) is 34.1 Å². The molecule has 2 aliphatic rings. The molecule has 0 saturated carbocycles. The number of nitrogens with zero attached hydrogens (tertiary/aromatic N) is 2. The molecule has 190 valence electrons. The Morgan fingerprint density at radius 3 is 1.73 bits per heavy atom. The Kier molecular flexibility index (Phi) is 4.73. The van der Waals surface area contributed by atoms with E-state index in [0.717, 1.165) is 0 Å². The van der Waals surface area contributed by atoms with Crippen molar-refractivity contribution in [1.29, 1.82) is 0 Å². The molecule has 9 rings (SSSR count). The highest BCUT2D eigenvalue weighted by Gasteiger charge is 2.44. The number of fused-ring (bicyclic) bond motifs is 8. The first-order valence-electron chi connectivity index (χ1n) is 14.2. The summed E-state index contributed by atoms with van der Waals surface area (Å²) in [4.78, 5) is 5.00. The van der Waals surface area contributed by atoms with Crippen LogP contribution in [0, 0.1) is 0 Å². The van der Waals surface area contributed by atoms with Crippen LogP contribution in [0.3, 0.4) is 0 Å². The topological polar surface area (TPSA) is 6.48 Å². The first-order chi connectivity index (χ1) is 20.4. The summed E-state index contributed by atoms with van der Waals surface area (Å²) in [6, 6.07) is 55.4. The minimum Gasteiger partial charge on any atom is -0.311 e. The molecule has 3 heteroatoms. The molecule has 2 nitrogen and oxygen atoms in total. The molecule has 0 unspecified atom stereocenters. The molecule has 7 aromatic rings. The molecule has 0 spiro atoms. The van der Waals surface area contributed by atoms with Crippen LogP contribution in [-0.2, 0) is 0 Å². The second-order valence-electron chi connectivity index (χ2n) is 10.9. The van der Waals surface area contributed by atoms with Gasteiger partial charge >= 0.3 is 0 Å². The van der Waals surface area contributed by atoms with Crippen molar-refractivity contribution in [3.8, 4) is 0 Å². The predicted octanol–water partition coefficient (Wildman–Crippen LogP) is 8.08. The van der Waals surface area contributed by atoms with Gasteiger partial charge in [0.2, 0.25) is 0 Å². The van der Waals surface area contributed by atoms with Gasteiger partial charge in [0.25, 0.3) is 6.71 Å².